The lowest BCUT2D eigenvalue weighted by Crippen LogP contribution is -2.65. The number of aliphatic carboxylic acids is 1. The van der Waals surface area contributed by atoms with Crippen LogP contribution >= 0.6 is 0 Å². The Morgan fingerprint density at radius 1 is 0.476 bits per heavy atom. The van der Waals surface area contributed by atoms with Crippen molar-refractivity contribution < 1.29 is 68.0 Å². The second-order valence-electron chi connectivity index (χ2n) is 39.8. The van der Waals surface area contributed by atoms with E-state index < -0.39 is 24.0 Å². The molecule has 0 aromatic rings. The van der Waals surface area contributed by atoms with E-state index in [1.165, 1.54) is 104 Å². The van der Waals surface area contributed by atoms with Gasteiger partial charge in [0, 0.05) is 27.1 Å². The number of carbonyl (C=O) groups is 4. The lowest BCUT2D eigenvalue weighted by Gasteiger charge is -2.67. The summed E-state index contributed by atoms with van der Waals surface area (Å²) in [6.45, 7) is 39.7. The van der Waals surface area contributed by atoms with Crippen molar-refractivity contribution in [1.29, 1.82) is 0 Å². The largest absolute Gasteiger partial charge is 0.481 e. The first-order chi connectivity index (χ1) is 48.8. The number of methoxy groups -OCH3 is 4. The molecule has 0 heterocycles. The lowest BCUT2D eigenvalue weighted by atomic mass is 9.39. The standard InChI is InChI=1S/C32H54O5.C31H54O4.C26H44O5/c1-9-23-26-14-19(2)12-13-31(26,5)27-16-21(4)32(6)24(20(3)15-22(17-33)30(34)36-8)10-11-25(32)28(27)29(23)37-18-35-7;1-9-22-25-16-19(2)14-15-30(25,5)26-17-21(4)31(6)23(20(3)10-13-27(32)34-8)11-12-24(31)28(26)29(22)35-18-33-7;1-5-16-19-12-15(27)10-11-25(19,3)20-13-21(28)26(4)17(14(2)6-9-22(29)30)7-8-18(26)23(20)24(16)31/h17,19-29H,9-16,18H2,1-8H3;19-26,28-29H,9-18H2,1-8H3;14-21,23-24,27-28,31H,5-13H2,1-4H3,(H,29,30)/t19-,20-,21+,22?,23-,24-,25?,26+,27?,28?,29-,31+,32-;19-,20-,21+,22-,23-,24?,25+,26?,28?,29-,30+,31-;14-,15-,16-,17-,18?,19+,20?,21+,23?,24-,25+,26-/m111/s1. The summed E-state index contributed by atoms with van der Waals surface area (Å²) >= 11 is 0. The van der Waals surface area contributed by atoms with Crippen molar-refractivity contribution in [3.8, 4) is 0 Å². The Bertz CT molecular complexity index is 2810. The molecule has 0 aliphatic heterocycles. The molecule has 12 saturated carbocycles. The van der Waals surface area contributed by atoms with E-state index in [9.17, 15) is 34.5 Å². The van der Waals surface area contributed by atoms with Gasteiger partial charge >= 0.3 is 17.9 Å². The van der Waals surface area contributed by atoms with Crippen molar-refractivity contribution in [3.05, 3.63) is 0 Å². The predicted molar refractivity (Wildman–Crippen MR) is 405 cm³/mol. The van der Waals surface area contributed by atoms with Crippen LogP contribution in [0.5, 0.6) is 0 Å². The summed E-state index contributed by atoms with van der Waals surface area (Å²) in [7, 11) is 6.42. The molecule has 12 aliphatic carbocycles. The number of carboxylic acids is 1. The minimum atomic E-state index is -0.747. The zero-order valence-electron chi connectivity index (χ0n) is 68.6. The van der Waals surface area contributed by atoms with Gasteiger partial charge in [0.1, 0.15) is 25.8 Å². The van der Waals surface area contributed by atoms with E-state index in [4.69, 9.17) is 33.5 Å². The van der Waals surface area contributed by atoms with Crippen molar-refractivity contribution in [3.63, 3.8) is 0 Å². The molecule has 12 aliphatic rings. The van der Waals surface area contributed by atoms with Crippen LogP contribution in [0.15, 0.2) is 0 Å². The average molecular weight is 1450 g/mol. The van der Waals surface area contributed by atoms with Crippen LogP contribution in [0.4, 0.5) is 0 Å². The van der Waals surface area contributed by atoms with Gasteiger partial charge < -0.3 is 53.6 Å². The molecule has 14 heteroatoms. The smallest absolute Gasteiger partial charge is 0.315 e. The number of aldehydes is 1. The summed E-state index contributed by atoms with van der Waals surface area (Å²) in [5, 5.41) is 42.9. The maximum atomic E-state index is 12.2. The van der Waals surface area contributed by atoms with Gasteiger partial charge in [0.2, 0.25) is 0 Å². The Hall–Kier alpha value is -2.20. The average Bonchev–Trinajstić information content (AvgIpc) is 1.70. The van der Waals surface area contributed by atoms with Crippen molar-refractivity contribution in [2.24, 2.45) is 186 Å². The normalized spacial score (nSPS) is 48.9. The summed E-state index contributed by atoms with van der Waals surface area (Å²) in [6, 6.07) is 0. The minimum absolute atomic E-state index is 0.0649. The van der Waals surface area contributed by atoms with E-state index in [-0.39, 0.29) is 70.6 Å². The molecule has 103 heavy (non-hydrogen) atoms. The van der Waals surface area contributed by atoms with Gasteiger partial charge in [0.05, 0.1) is 44.7 Å². The maximum Gasteiger partial charge on any atom is 0.315 e. The number of carbonyl (C=O) groups excluding carboxylic acids is 3. The molecule has 0 spiro atoms. The highest BCUT2D eigenvalue weighted by molar-refractivity contribution is 5.87. The number of rotatable bonds is 22. The highest BCUT2D eigenvalue weighted by Gasteiger charge is 2.71. The number of esters is 2. The SMILES string of the molecule is CC[C@H]1[C@@H](O)C2C3CC[C@H]([C@H](C)CCC(=O)O)[C@@]3(C)[C@@H](O)CC2[C@@]2(C)CC[C@@H](O)C[C@@H]12.CC[C@H]1[C@@H](OCOC)C2C3CC[C@H]([C@H](C)CC(C=O)C(=O)OC)[C@@]3(C)[C@@H](C)CC2[C@@]2(C)CC[C@@H](C)C[C@@H]12.CC[C@H]1[C@@H](OCOC)C2C3CC[C@H]([C@H](C)CCC(=O)OC)[C@@]3(C)[C@@H](C)CC2[C@@]2(C)CC[C@@H](C)C[C@@H]12. The van der Waals surface area contributed by atoms with Gasteiger partial charge in [-0.15, -0.1) is 0 Å². The number of aliphatic hydroxyl groups excluding tert-OH is 3. The summed E-state index contributed by atoms with van der Waals surface area (Å²) in [5.74, 6) is 11.6. The quantitative estimate of drug-likeness (QED) is 0.0345. The first-order valence-electron chi connectivity index (χ1n) is 42.8. The molecule has 14 nitrogen and oxygen atoms in total. The first kappa shape index (κ1) is 83.3. The zero-order valence-corrected chi connectivity index (χ0v) is 68.6. The Kier molecular flexibility index (Phi) is 27.0. The predicted octanol–water partition coefficient (Wildman–Crippen LogP) is 18.2. The molecule has 0 aromatic carbocycles. The van der Waals surface area contributed by atoms with Gasteiger partial charge in [-0.2, -0.15) is 0 Å². The van der Waals surface area contributed by atoms with Gasteiger partial charge in [-0.25, -0.2) is 0 Å². The number of hydrogen-bond acceptors (Lipinski definition) is 13. The third-order valence-electron chi connectivity index (χ3n) is 36.1. The topological polar surface area (TPSA) is 205 Å². The van der Waals surface area contributed by atoms with Gasteiger partial charge in [0.15, 0.2) is 0 Å². The fraction of sp³-hybridized carbons (Fsp3) is 0.955. The van der Waals surface area contributed by atoms with E-state index in [1.807, 2.05) is 0 Å². The molecule has 37 atom stereocenters. The molecule has 10 unspecified atom stereocenters. The Morgan fingerprint density at radius 3 is 1.32 bits per heavy atom. The number of aliphatic hydroxyl groups is 3. The van der Waals surface area contributed by atoms with E-state index >= 15 is 0 Å². The van der Waals surface area contributed by atoms with Crippen LogP contribution in [-0.4, -0.2) is 117 Å². The number of fused-ring (bicyclic) bond motifs is 15. The molecule has 4 N–H and O–H groups in total. The zero-order chi connectivity index (χ0) is 75.4. The third kappa shape index (κ3) is 14.7. The Labute approximate surface area is 625 Å². The van der Waals surface area contributed by atoms with Crippen molar-refractivity contribution >= 4 is 24.2 Å². The maximum absolute atomic E-state index is 12.2. The van der Waals surface area contributed by atoms with Crippen molar-refractivity contribution in [1.82, 2.24) is 0 Å². The highest BCUT2D eigenvalue weighted by atomic mass is 16.7. The van der Waals surface area contributed by atoms with E-state index in [2.05, 4.69) is 111 Å². The van der Waals surface area contributed by atoms with Crippen LogP contribution in [-0.2, 0) is 47.6 Å². The molecule has 0 amide bonds. The first-order valence-corrected chi connectivity index (χ1v) is 42.8. The van der Waals surface area contributed by atoms with Gasteiger partial charge in [-0.1, -0.05) is 143 Å². The van der Waals surface area contributed by atoms with Crippen LogP contribution < -0.4 is 0 Å². The monoisotopic (exact) mass is 1450 g/mol. The van der Waals surface area contributed by atoms with E-state index in [0.717, 1.165) is 87.2 Å². The fourth-order valence-corrected chi connectivity index (χ4v) is 30.7. The number of ether oxygens (including phenoxy) is 6. The summed E-state index contributed by atoms with van der Waals surface area (Å²) < 4.78 is 34.4. The summed E-state index contributed by atoms with van der Waals surface area (Å²) in [5.41, 5.74) is 1.14. The minimum Gasteiger partial charge on any atom is -0.481 e. The fourth-order valence-electron chi connectivity index (χ4n) is 30.7. The molecule has 12 fully saturated rings. The van der Waals surface area contributed by atoms with Crippen LogP contribution in [0.2, 0.25) is 0 Å². The molecule has 0 saturated heterocycles. The Morgan fingerprint density at radius 2 is 0.893 bits per heavy atom. The van der Waals surface area contributed by atoms with Crippen molar-refractivity contribution in [2.75, 3.05) is 42.0 Å². The van der Waals surface area contributed by atoms with Crippen LogP contribution in [0.1, 0.15) is 278 Å². The Balaban J connectivity index is 0.000000167. The third-order valence-corrected chi connectivity index (χ3v) is 36.1. The lowest BCUT2D eigenvalue weighted by molar-refractivity contribution is -0.240. The highest BCUT2D eigenvalue weighted by Crippen LogP contribution is 2.75. The van der Waals surface area contributed by atoms with Crippen LogP contribution in [0.25, 0.3) is 0 Å². The van der Waals surface area contributed by atoms with E-state index in [0.29, 0.717) is 150 Å². The molecular weight excluding hydrogens is 1290 g/mol. The van der Waals surface area contributed by atoms with Gasteiger partial charge in [0.25, 0.3) is 0 Å². The molecular formula is C89H152O14. The molecule has 0 aromatic heterocycles. The van der Waals surface area contributed by atoms with Crippen molar-refractivity contribution in [2.45, 2.75) is 308 Å². The second-order valence-corrected chi connectivity index (χ2v) is 39.8. The number of carboxylic acid groups (broad SMARTS) is 1. The van der Waals surface area contributed by atoms with Crippen LogP contribution in [0.3, 0.4) is 0 Å². The second kappa shape index (κ2) is 33.4. The molecule has 12 rings (SSSR count). The van der Waals surface area contributed by atoms with Gasteiger partial charge in [-0.05, 0) is 302 Å². The summed E-state index contributed by atoms with van der Waals surface area (Å²) in [4.78, 5) is 47.0. The molecule has 0 radical (unpaired) electrons. The molecule has 592 valence electrons. The van der Waals surface area contributed by atoms with Crippen LogP contribution in [0, 0.1) is 186 Å². The summed E-state index contributed by atoms with van der Waals surface area (Å²) in [6.07, 6.45) is 27.7. The number of hydrogen-bond donors (Lipinski definition) is 4. The molecule has 0 bridgehead atoms. The van der Waals surface area contributed by atoms with Gasteiger partial charge in [-0.3, -0.25) is 14.4 Å². The van der Waals surface area contributed by atoms with E-state index in [1.54, 1.807) is 14.2 Å².